The molecule has 0 radical (unpaired) electrons. The van der Waals surface area contributed by atoms with Crippen LogP contribution in [-0.2, 0) is 24.3 Å². The number of carbonyl (C=O) groups is 2. The molecule has 9 heteroatoms. The Morgan fingerprint density at radius 3 is 2.60 bits per heavy atom. The maximum absolute atomic E-state index is 11.9. The maximum Gasteiger partial charge on any atom is 0.253 e. The molecule has 25 heavy (non-hydrogen) atoms. The number of hydrogen-bond acceptors (Lipinski definition) is 5. The lowest BCUT2D eigenvalue weighted by Gasteiger charge is -2.26. The molecule has 1 fully saturated rings. The van der Waals surface area contributed by atoms with E-state index in [1.165, 1.54) is 0 Å². The number of sulfonamides is 1. The van der Waals surface area contributed by atoms with Crippen molar-refractivity contribution in [3.63, 3.8) is 0 Å². The van der Waals surface area contributed by atoms with Crippen LogP contribution in [0, 0.1) is 0 Å². The van der Waals surface area contributed by atoms with Crippen LogP contribution in [0.5, 0.6) is 0 Å². The van der Waals surface area contributed by atoms with E-state index in [-0.39, 0.29) is 18.4 Å². The van der Waals surface area contributed by atoms with Crippen molar-refractivity contribution in [3.8, 4) is 0 Å². The van der Waals surface area contributed by atoms with Gasteiger partial charge in [0, 0.05) is 30.9 Å². The van der Waals surface area contributed by atoms with Gasteiger partial charge in [-0.25, -0.2) is 13.1 Å². The van der Waals surface area contributed by atoms with Gasteiger partial charge in [0.2, 0.25) is 15.9 Å². The van der Waals surface area contributed by atoms with E-state index in [2.05, 4.69) is 10.0 Å². The molecule has 1 aromatic rings. The van der Waals surface area contributed by atoms with Crippen LogP contribution < -0.4 is 14.9 Å². The number of ether oxygens (including phenoxy) is 1. The standard InChI is InChI=1S/C16H23N3O5S/c1-25(22,23)17-9-3-2-4-15(20)18-13-5-7-14(8-6-13)19-10-11-24-12-16(19)21/h5-8,17H,2-4,9-12H2,1H3,(H,18,20). The van der Waals surface area contributed by atoms with E-state index in [1.54, 1.807) is 29.2 Å². The normalized spacial score (nSPS) is 15.2. The Labute approximate surface area is 147 Å². The molecule has 0 bridgehead atoms. The van der Waals surface area contributed by atoms with Crippen LogP contribution in [0.4, 0.5) is 11.4 Å². The number of carbonyl (C=O) groups excluding carboxylic acids is 2. The lowest BCUT2D eigenvalue weighted by molar-refractivity contribution is -0.125. The first kappa shape index (κ1) is 19.4. The van der Waals surface area contributed by atoms with E-state index >= 15 is 0 Å². The minimum atomic E-state index is -3.18. The van der Waals surface area contributed by atoms with Gasteiger partial charge in [0.05, 0.1) is 12.9 Å². The van der Waals surface area contributed by atoms with Gasteiger partial charge in [-0.3, -0.25) is 9.59 Å². The highest BCUT2D eigenvalue weighted by Gasteiger charge is 2.19. The van der Waals surface area contributed by atoms with Gasteiger partial charge in [0.1, 0.15) is 6.61 Å². The third-order valence-corrected chi connectivity index (χ3v) is 4.37. The van der Waals surface area contributed by atoms with E-state index in [0.29, 0.717) is 44.6 Å². The summed E-state index contributed by atoms with van der Waals surface area (Å²) < 4.78 is 29.3. The number of rotatable bonds is 8. The number of morpholine rings is 1. The monoisotopic (exact) mass is 369 g/mol. The SMILES string of the molecule is CS(=O)(=O)NCCCCC(=O)Nc1ccc(N2CCOCC2=O)cc1. The molecule has 8 nitrogen and oxygen atoms in total. The quantitative estimate of drug-likeness (QED) is 0.657. The first-order valence-corrected chi connectivity index (χ1v) is 9.97. The van der Waals surface area contributed by atoms with Gasteiger partial charge >= 0.3 is 0 Å². The van der Waals surface area contributed by atoms with Crippen molar-refractivity contribution in [2.75, 3.05) is 42.8 Å². The van der Waals surface area contributed by atoms with Gasteiger partial charge < -0.3 is 15.0 Å². The van der Waals surface area contributed by atoms with Crippen LogP contribution in [0.2, 0.25) is 0 Å². The summed E-state index contributed by atoms with van der Waals surface area (Å²) >= 11 is 0. The first-order valence-electron chi connectivity index (χ1n) is 8.08. The van der Waals surface area contributed by atoms with Gasteiger partial charge in [-0.05, 0) is 37.1 Å². The largest absolute Gasteiger partial charge is 0.370 e. The number of hydrogen-bond donors (Lipinski definition) is 2. The average molecular weight is 369 g/mol. The summed E-state index contributed by atoms with van der Waals surface area (Å²) in [6.07, 6.45) is 2.61. The molecular weight excluding hydrogens is 346 g/mol. The van der Waals surface area contributed by atoms with Crippen LogP contribution in [0.25, 0.3) is 0 Å². The number of anilines is 2. The van der Waals surface area contributed by atoms with E-state index in [9.17, 15) is 18.0 Å². The molecule has 0 aliphatic carbocycles. The Bertz CT molecular complexity index is 703. The molecule has 1 heterocycles. The van der Waals surface area contributed by atoms with E-state index in [1.807, 2.05) is 0 Å². The van der Waals surface area contributed by atoms with E-state index in [4.69, 9.17) is 4.74 Å². The summed E-state index contributed by atoms with van der Waals surface area (Å²) in [6.45, 7) is 1.45. The van der Waals surface area contributed by atoms with Crippen LogP contribution in [0.15, 0.2) is 24.3 Å². The van der Waals surface area contributed by atoms with Crippen LogP contribution in [-0.4, -0.2) is 52.8 Å². The zero-order valence-electron chi connectivity index (χ0n) is 14.2. The fraction of sp³-hybridized carbons (Fsp3) is 0.500. The molecule has 0 unspecified atom stereocenters. The molecule has 1 aliphatic rings. The maximum atomic E-state index is 11.9. The van der Waals surface area contributed by atoms with Crippen molar-refractivity contribution in [1.29, 1.82) is 0 Å². The van der Waals surface area contributed by atoms with Gasteiger partial charge in [-0.15, -0.1) is 0 Å². The number of nitrogens with one attached hydrogen (secondary N) is 2. The minimum Gasteiger partial charge on any atom is -0.370 e. The fourth-order valence-electron chi connectivity index (χ4n) is 2.41. The van der Waals surface area contributed by atoms with Gasteiger partial charge in [0.25, 0.3) is 5.91 Å². The van der Waals surface area contributed by atoms with E-state index < -0.39 is 10.0 Å². The van der Waals surface area contributed by atoms with Gasteiger partial charge in [0.15, 0.2) is 0 Å². The molecule has 1 saturated heterocycles. The second-order valence-corrected chi connectivity index (χ2v) is 7.65. The molecule has 0 aromatic heterocycles. The zero-order chi connectivity index (χ0) is 18.3. The molecule has 1 aromatic carbocycles. The second-order valence-electron chi connectivity index (χ2n) is 5.82. The molecule has 2 N–H and O–H groups in total. The Morgan fingerprint density at radius 2 is 1.96 bits per heavy atom. The lowest BCUT2D eigenvalue weighted by Crippen LogP contribution is -2.41. The minimum absolute atomic E-state index is 0.0780. The summed E-state index contributed by atoms with van der Waals surface area (Å²) in [7, 11) is -3.18. The summed E-state index contributed by atoms with van der Waals surface area (Å²) in [5.41, 5.74) is 1.43. The van der Waals surface area contributed by atoms with Crippen LogP contribution >= 0.6 is 0 Å². The van der Waals surface area contributed by atoms with E-state index in [0.717, 1.165) is 11.9 Å². The third kappa shape index (κ3) is 6.81. The number of unbranched alkanes of at least 4 members (excludes halogenated alkanes) is 1. The summed E-state index contributed by atoms with van der Waals surface area (Å²) in [5.74, 6) is -0.208. The Hall–Kier alpha value is -1.97. The Balaban J connectivity index is 1.75. The smallest absolute Gasteiger partial charge is 0.253 e. The van der Waals surface area contributed by atoms with Crippen molar-refractivity contribution in [2.24, 2.45) is 0 Å². The zero-order valence-corrected chi connectivity index (χ0v) is 15.0. The molecule has 0 atom stereocenters. The summed E-state index contributed by atoms with van der Waals surface area (Å²) in [5, 5.41) is 2.78. The highest BCUT2D eigenvalue weighted by Crippen LogP contribution is 2.19. The molecule has 0 spiro atoms. The van der Waals surface area contributed by atoms with Crippen molar-refractivity contribution in [3.05, 3.63) is 24.3 Å². The summed E-state index contributed by atoms with van der Waals surface area (Å²) in [4.78, 5) is 25.3. The molecule has 138 valence electrons. The van der Waals surface area contributed by atoms with Crippen molar-refractivity contribution >= 4 is 33.2 Å². The Kier molecular flexibility index (Phi) is 6.91. The molecule has 2 rings (SSSR count). The number of benzene rings is 1. The van der Waals surface area contributed by atoms with Crippen molar-refractivity contribution in [2.45, 2.75) is 19.3 Å². The molecule has 1 aliphatic heterocycles. The highest BCUT2D eigenvalue weighted by molar-refractivity contribution is 7.88. The van der Waals surface area contributed by atoms with Crippen LogP contribution in [0.1, 0.15) is 19.3 Å². The highest BCUT2D eigenvalue weighted by atomic mass is 32.2. The fourth-order valence-corrected chi connectivity index (χ4v) is 2.92. The predicted octanol–water partition coefficient (Wildman–Crippen LogP) is 0.708. The molecule has 0 saturated carbocycles. The van der Waals surface area contributed by atoms with Crippen molar-refractivity contribution in [1.82, 2.24) is 4.72 Å². The number of nitrogens with zero attached hydrogens (tertiary/aromatic N) is 1. The van der Waals surface area contributed by atoms with Gasteiger partial charge in [-0.2, -0.15) is 0 Å². The second kappa shape index (κ2) is 8.93. The molecular formula is C16H23N3O5S. The van der Waals surface area contributed by atoms with Crippen LogP contribution in [0.3, 0.4) is 0 Å². The number of amides is 2. The Morgan fingerprint density at radius 1 is 1.24 bits per heavy atom. The van der Waals surface area contributed by atoms with Gasteiger partial charge in [-0.1, -0.05) is 0 Å². The van der Waals surface area contributed by atoms with Crippen molar-refractivity contribution < 1.29 is 22.7 Å². The third-order valence-electron chi connectivity index (χ3n) is 3.64. The summed E-state index contributed by atoms with van der Waals surface area (Å²) in [6, 6.07) is 7.08. The molecule has 2 amide bonds. The predicted molar refractivity (Wildman–Crippen MR) is 94.9 cm³/mol. The first-order chi connectivity index (χ1) is 11.8. The topological polar surface area (TPSA) is 105 Å². The lowest BCUT2D eigenvalue weighted by atomic mass is 10.2. The average Bonchev–Trinajstić information content (AvgIpc) is 2.55.